The number of benzene rings is 1. The van der Waals surface area contributed by atoms with Gasteiger partial charge < -0.3 is 9.88 Å². The lowest BCUT2D eigenvalue weighted by Gasteiger charge is -2.35. The molecule has 1 unspecified atom stereocenters. The molecule has 132 valence electrons. The van der Waals surface area contributed by atoms with E-state index in [1.807, 2.05) is 0 Å². The molecule has 0 bridgehead atoms. The summed E-state index contributed by atoms with van der Waals surface area (Å²) in [6, 6.07) is 6.13. The average molecular weight is 360 g/mol. The monoisotopic (exact) mass is 360 g/mol. The van der Waals surface area contributed by atoms with E-state index in [0.717, 1.165) is 18.7 Å². The van der Waals surface area contributed by atoms with E-state index in [2.05, 4.69) is 14.7 Å². The van der Waals surface area contributed by atoms with Crippen LogP contribution in [-0.2, 0) is 21.2 Å². The van der Waals surface area contributed by atoms with Gasteiger partial charge >= 0.3 is 0 Å². The summed E-state index contributed by atoms with van der Waals surface area (Å²) in [5, 5.41) is 0. The molecule has 1 aromatic carbocycles. The minimum absolute atomic E-state index is 0.143. The molecule has 1 aromatic heterocycles. The van der Waals surface area contributed by atoms with Gasteiger partial charge in [-0.25, -0.2) is 13.4 Å². The molecule has 0 spiro atoms. The molecule has 8 heteroatoms. The number of carbonyl (C=O) groups is 1. The number of rotatable bonds is 2. The van der Waals surface area contributed by atoms with Crippen LogP contribution < -0.4 is 4.72 Å². The van der Waals surface area contributed by atoms with Gasteiger partial charge in [-0.1, -0.05) is 18.2 Å². The first-order valence-corrected chi connectivity index (χ1v) is 9.91. The van der Waals surface area contributed by atoms with E-state index in [1.165, 1.54) is 0 Å². The number of nitrogens with zero attached hydrogens (tertiary/aromatic N) is 2. The second kappa shape index (κ2) is 6.27. The molecule has 2 aliphatic rings. The van der Waals surface area contributed by atoms with Gasteiger partial charge in [-0.3, -0.25) is 4.79 Å². The molecule has 25 heavy (non-hydrogen) atoms. The summed E-state index contributed by atoms with van der Waals surface area (Å²) in [5.41, 5.74) is 0.699. The Labute approximate surface area is 146 Å². The van der Waals surface area contributed by atoms with Gasteiger partial charge in [0.25, 0.3) is 0 Å². The third kappa shape index (κ3) is 3.07. The lowest BCUT2D eigenvalue weighted by Crippen LogP contribution is -2.53. The number of aromatic nitrogens is 2. The number of carbonyl (C=O) groups excluding carboxylic acids is 1. The summed E-state index contributed by atoms with van der Waals surface area (Å²) in [6.07, 6.45) is 5.60. The Morgan fingerprint density at radius 3 is 2.68 bits per heavy atom. The molecule has 3 heterocycles. The van der Waals surface area contributed by atoms with Crippen LogP contribution in [0.15, 0.2) is 41.6 Å². The molecule has 0 radical (unpaired) electrons. The van der Waals surface area contributed by atoms with Crippen molar-refractivity contribution in [2.75, 3.05) is 13.1 Å². The normalized spacial score (nSPS) is 23.2. The number of imidazole rings is 1. The van der Waals surface area contributed by atoms with Crippen LogP contribution in [0.2, 0.25) is 0 Å². The van der Waals surface area contributed by atoms with Gasteiger partial charge in [0.15, 0.2) is 0 Å². The molecule has 4 rings (SSSR count). The van der Waals surface area contributed by atoms with Gasteiger partial charge in [0.2, 0.25) is 15.9 Å². The number of aromatic amines is 1. The third-order valence-electron chi connectivity index (χ3n) is 4.99. The topological polar surface area (TPSA) is 95.2 Å². The van der Waals surface area contributed by atoms with E-state index in [0.29, 0.717) is 31.0 Å². The molecule has 2 aliphatic heterocycles. The van der Waals surface area contributed by atoms with Gasteiger partial charge in [-0.2, -0.15) is 4.72 Å². The zero-order valence-electron chi connectivity index (χ0n) is 13.7. The average Bonchev–Trinajstić information content (AvgIpc) is 3.15. The fourth-order valence-electron chi connectivity index (χ4n) is 3.68. The second-order valence-electron chi connectivity index (χ2n) is 6.56. The van der Waals surface area contributed by atoms with E-state index in [9.17, 15) is 13.2 Å². The maximum atomic E-state index is 12.8. The number of nitrogens with one attached hydrogen (secondary N) is 2. The van der Waals surface area contributed by atoms with E-state index in [4.69, 9.17) is 0 Å². The summed E-state index contributed by atoms with van der Waals surface area (Å²) >= 11 is 0. The van der Waals surface area contributed by atoms with Crippen molar-refractivity contribution in [1.82, 2.24) is 19.6 Å². The third-order valence-corrected chi connectivity index (χ3v) is 6.57. The first kappa shape index (κ1) is 16.3. The van der Waals surface area contributed by atoms with Gasteiger partial charge in [-0.15, -0.1) is 0 Å². The Hall–Kier alpha value is -2.19. The van der Waals surface area contributed by atoms with E-state index in [1.54, 1.807) is 41.6 Å². The number of likely N-dealkylation sites (tertiary alicyclic amines) is 1. The van der Waals surface area contributed by atoms with E-state index in [-0.39, 0.29) is 10.8 Å². The molecule has 1 saturated heterocycles. The van der Waals surface area contributed by atoms with Crippen LogP contribution in [0.5, 0.6) is 0 Å². The first-order chi connectivity index (χ1) is 12.0. The highest BCUT2D eigenvalue weighted by Crippen LogP contribution is 2.27. The Kier molecular flexibility index (Phi) is 4.09. The largest absolute Gasteiger partial charge is 0.348 e. The minimum Gasteiger partial charge on any atom is -0.348 e. The van der Waals surface area contributed by atoms with Gasteiger partial charge in [0.05, 0.1) is 4.90 Å². The fraction of sp³-hybridized carbons (Fsp3) is 0.412. The molecule has 1 amide bonds. The smallest absolute Gasteiger partial charge is 0.241 e. The van der Waals surface area contributed by atoms with Crippen molar-refractivity contribution < 1.29 is 13.2 Å². The number of H-pyrrole nitrogens is 1. The van der Waals surface area contributed by atoms with Crippen LogP contribution in [0.4, 0.5) is 0 Å². The summed E-state index contributed by atoms with van der Waals surface area (Å²) in [6.45, 7) is 1.23. The summed E-state index contributed by atoms with van der Waals surface area (Å²) in [7, 11) is -3.63. The zero-order valence-corrected chi connectivity index (χ0v) is 14.5. The lowest BCUT2D eigenvalue weighted by molar-refractivity contribution is -0.134. The van der Waals surface area contributed by atoms with Crippen LogP contribution in [-0.4, -0.2) is 48.3 Å². The number of piperidine rings is 1. The number of amides is 1. The summed E-state index contributed by atoms with van der Waals surface area (Å²) < 4.78 is 27.3. The van der Waals surface area contributed by atoms with Crippen molar-refractivity contribution in [2.45, 2.75) is 36.1 Å². The standard InChI is InChI=1S/C17H20N4O3S/c22-17(21-9-5-12(6-10-21)16-18-7-8-19-16)14-11-13-3-1-2-4-15(13)25(23,24)20-14/h1-4,7-8,12,14,20H,5-6,9-11H2,(H,18,19). The molecule has 0 saturated carbocycles. The predicted octanol–water partition coefficient (Wildman–Crippen LogP) is 1.02. The predicted molar refractivity (Wildman–Crippen MR) is 91.4 cm³/mol. The molecule has 1 atom stereocenters. The Morgan fingerprint density at radius 2 is 1.96 bits per heavy atom. The summed E-state index contributed by atoms with van der Waals surface area (Å²) in [4.78, 5) is 22.3. The highest BCUT2D eigenvalue weighted by atomic mass is 32.2. The zero-order chi connectivity index (χ0) is 17.4. The van der Waals surface area contributed by atoms with Crippen LogP contribution in [0, 0.1) is 0 Å². The lowest BCUT2D eigenvalue weighted by atomic mass is 9.95. The van der Waals surface area contributed by atoms with Crippen molar-refractivity contribution >= 4 is 15.9 Å². The minimum atomic E-state index is -3.63. The quantitative estimate of drug-likeness (QED) is 0.836. The number of hydrogen-bond donors (Lipinski definition) is 2. The molecule has 2 N–H and O–H groups in total. The molecular weight excluding hydrogens is 340 g/mol. The second-order valence-corrected chi connectivity index (χ2v) is 8.24. The molecule has 1 fully saturated rings. The number of fused-ring (bicyclic) bond motifs is 1. The van der Waals surface area contributed by atoms with Crippen molar-refractivity contribution in [3.63, 3.8) is 0 Å². The Morgan fingerprint density at radius 1 is 1.20 bits per heavy atom. The Bertz CT molecular complexity index is 871. The van der Waals surface area contributed by atoms with Crippen LogP contribution in [0.1, 0.15) is 30.1 Å². The van der Waals surface area contributed by atoms with Gasteiger partial charge in [0, 0.05) is 31.4 Å². The first-order valence-electron chi connectivity index (χ1n) is 8.43. The van der Waals surface area contributed by atoms with Crippen molar-refractivity contribution in [3.8, 4) is 0 Å². The van der Waals surface area contributed by atoms with Gasteiger partial charge in [-0.05, 0) is 30.9 Å². The van der Waals surface area contributed by atoms with E-state index < -0.39 is 16.1 Å². The Balaban J connectivity index is 1.46. The van der Waals surface area contributed by atoms with Crippen molar-refractivity contribution in [2.24, 2.45) is 0 Å². The number of sulfonamides is 1. The van der Waals surface area contributed by atoms with Crippen LogP contribution >= 0.6 is 0 Å². The maximum absolute atomic E-state index is 12.8. The summed E-state index contributed by atoms with van der Waals surface area (Å²) in [5.74, 6) is 1.14. The number of hydrogen-bond acceptors (Lipinski definition) is 4. The molecule has 2 aromatic rings. The van der Waals surface area contributed by atoms with Crippen LogP contribution in [0.25, 0.3) is 0 Å². The maximum Gasteiger partial charge on any atom is 0.241 e. The highest BCUT2D eigenvalue weighted by Gasteiger charge is 2.36. The SMILES string of the molecule is O=C(C1Cc2ccccc2S(=O)(=O)N1)N1CCC(c2ncc[nH]2)CC1. The van der Waals surface area contributed by atoms with Crippen molar-refractivity contribution in [3.05, 3.63) is 48.0 Å². The fourth-order valence-corrected chi connectivity index (χ4v) is 5.12. The molecular formula is C17H20N4O3S. The highest BCUT2D eigenvalue weighted by molar-refractivity contribution is 7.89. The van der Waals surface area contributed by atoms with Crippen molar-refractivity contribution in [1.29, 1.82) is 0 Å². The molecule has 0 aliphatic carbocycles. The molecule has 7 nitrogen and oxygen atoms in total. The van der Waals surface area contributed by atoms with Gasteiger partial charge in [0.1, 0.15) is 11.9 Å². The van der Waals surface area contributed by atoms with Crippen LogP contribution in [0.3, 0.4) is 0 Å². The van der Waals surface area contributed by atoms with E-state index >= 15 is 0 Å².